The smallest absolute Gasteiger partial charge is 0.274 e. The number of carbonyl (C=O) groups excluding carboxylic acids is 1. The molecule has 1 saturated carbocycles. The fraction of sp³-hybridized carbons (Fsp3) is 0.643. The zero-order chi connectivity index (χ0) is 14.0. The van der Waals surface area contributed by atoms with Gasteiger partial charge in [-0.1, -0.05) is 13.8 Å². The first-order chi connectivity index (χ1) is 8.89. The third kappa shape index (κ3) is 3.22. The first-order valence-electron chi connectivity index (χ1n) is 6.74. The van der Waals surface area contributed by atoms with E-state index in [1.807, 2.05) is 7.05 Å². The lowest BCUT2D eigenvalue weighted by molar-refractivity contribution is 0.0629. The third-order valence-corrected chi connectivity index (χ3v) is 4.05. The highest BCUT2D eigenvalue weighted by Crippen LogP contribution is 2.36. The first-order valence-corrected chi connectivity index (χ1v) is 6.74. The third-order valence-electron chi connectivity index (χ3n) is 4.05. The Labute approximate surface area is 114 Å². The average molecular weight is 262 g/mol. The maximum Gasteiger partial charge on any atom is 0.274 e. The van der Waals surface area contributed by atoms with Crippen LogP contribution >= 0.6 is 0 Å². The van der Waals surface area contributed by atoms with E-state index >= 15 is 0 Å². The van der Waals surface area contributed by atoms with Gasteiger partial charge in [-0.05, 0) is 31.1 Å². The predicted molar refractivity (Wildman–Crippen MR) is 74.6 cm³/mol. The molecule has 0 unspecified atom stereocenters. The van der Waals surface area contributed by atoms with Crippen LogP contribution in [0.15, 0.2) is 12.4 Å². The molecule has 1 fully saturated rings. The molecule has 1 aromatic rings. The SMILES string of the molecule is CN(C(=O)c1cncc(N)n1)C1CCC(C)(C)CC1. The molecule has 0 aromatic carbocycles. The Hall–Kier alpha value is -1.65. The molecule has 1 heterocycles. The normalized spacial score (nSPS) is 19.1. The minimum Gasteiger partial charge on any atom is -0.382 e. The standard InChI is InChI=1S/C14H22N4O/c1-14(2)6-4-10(5-7-14)18(3)13(19)11-8-16-9-12(15)17-11/h8-10H,4-7H2,1-3H3,(H2,15,17). The van der Waals surface area contributed by atoms with E-state index in [0.29, 0.717) is 17.2 Å². The summed E-state index contributed by atoms with van der Waals surface area (Å²) in [6.07, 6.45) is 7.31. The zero-order valence-corrected chi connectivity index (χ0v) is 11.9. The van der Waals surface area contributed by atoms with Gasteiger partial charge in [-0.25, -0.2) is 4.98 Å². The van der Waals surface area contributed by atoms with Crippen LogP contribution < -0.4 is 5.73 Å². The van der Waals surface area contributed by atoms with Crippen LogP contribution in [0.3, 0.4) is 0 Å². The van der Waals surface area contributed by atoms with E-state index in [0.717, 1.165) is 25.7 Å². The van der Waals surface area contributed by atoms with Crippen molar-refractivity contribution in [2.75, 3.05) is 12.8 Å². The summed E-state index contributed by atoms with van der Waals surface area (Å²) in [5.74, 6) is 0.188. The highest BCUT2D eigenvalue weighted by Gasteiger charge is 2.31. The van der Waals surface area contributed by atoms with Crippen molar-refractivity contribution >= 4 is 11.7 Å². The van der Waals surface area contributed by atoms with Gasteiger partial charge in [0.15, 0.2) is 0 Å². The van der Waals surface area contributed by atoms with E-state index in [1.54, 1.807) is 4.90 Å². The molecule has 5 nitrogen and oxygen atoms in total. The van der Waals surface area contributed by atoms with E-state index in [4.69, 9.17) is 5.73 Å². The lowest BCUT2D eigenvalue weighted by atomic mass is 9.75. The van der Waals surface area contributed by atoms with E-state index in [1.165, 1.54) is 12.4 Å². The highest BCUT2D eigenvalue weighted by molar-refractivity contribution is 5.92. The van der Waals surface area contributed by atoms with Gasteiger partial charge in [0.1, 0.15) is 11.5 Å². The summed E-state index contributed by atoms with van der Waals surface area (Å²) in [7, 11) is 1.84. The lowest BCUT2D eigenvalue weighted by Crippen LogP contribution is -2.41. The van der Waals surface area contributed by atoms with E-state index in [-0.39, 0.29) is 11.7 Å². The van der Waals surface area contributed by atoms with Crippen molar-refractivity contribution in [1.82, 2.24) is 14.9 Å². The van der Waals surface area contributed by atoms with Gasteiger partial charge in [0.2, 0.25) is 0 Å². The lowest BCUT2D eigenvalue weighted by Gasteiger charge is -2.38. The van der Waals surface area contributed by atoms with E-state index < -0.39 is 0 Å². The molecule has 5 heteroatoms. The minimum atomic E-state index is -0.0930. The summed E-state index contributed by atoms with van der Waals surface area (Å²) in [6, 6.07) is 0.295. The largest absolute Gasteiger partial charge is 0.382 e. The van der Waals surface area contributed by atoms with Crippen molar-refractivity contribution in [3.8, 4) is 0 Å². The van der Waals surface area contributed by atoms with Crippen LogP contribution in [-0.4, -0.2) is 33.9 Å². The molecule has 0 saturated heterocycles. The average Bonchev–Trinajstić information content (AvgIpc) is 2.37. The summed E-state index contributed by atoms with van der Waals surface area (Å²) < 4.78 is 0. The Morgan fingerprint density at radius 3 is 2.58 bits per heavy atom. The van der Waals surface area contributed by atoms with Crippen molar-refractivity contribution in [3.05, 3.63) is 18.1 Å². The van der Waals surface area contributed by atoms with Crippen LogP contribution in [0, 0.1) is 5.41 Å². The molecule has 0 spiro atoms. The molecule has 2 rings (SSSR count). The molecule has 0 radical (unpaired) electrons. The second kappa shape index (κ2) is 5.15. The molecule has 1 aromatic heterocycles. The Bertz CT molecular complexity index is 462. The Morgan fingerprint density at radius 2 is 2.00 bits per heavy atom. The summed E-state index contributed by atoms with van der Waals surface area (Å²) in [5.41, 5.74) is 6.29. The Balaban J connectivity index is 2.04. The fourth-order valence-corrected chi connectivity index (χ4v) is 2.60. The maximum atomic E-state index is 12.3. The number of nitrogens with zero attached hydrogens (tertiary/aromatic N) is 3. The number of aromatic nitrogens is 2. The predicted octanol–water partition coefficient (Wildman–Crippen LogP) is 2.10. The molecule has 104 valence electrons. The number of hydrogen-bond acceptors (Lipinski definition) is 4. The van der Waals surface area contributed by atoms with Crippen LogP contribution in [0.25, 0.3) is 0 Å². The number of amides is 1. The number of nitrogen functional groups attached to an aromatic ring is 1. The fourth-order valence-electron chi connectivity index (χ4n) is 2.60. The number of hydrogen-bond donors (Lipinski definition) is 1. The van der Waals surface area contributed by atoms with Crippen LogP contribution in [-0.2, 0) is 0 Å². The zero-order valence-electron chi connectivity index (χ0n) is 11.9. The monoisotopic (exact) mass is 262 g/mol. The minimum absolute atomic E-state index is 0.0930. The summed E-state index contributed by atoms with van der Waals surface area (Å²) >= 11 is 0. The molecular weight excluding hydrogens is 240 g/mol. The van der Waals surface area contributed by atoms with Gasteiger partial charge in [0.25, 0.3) is 5.91 Å². The molecule has 0 bridgehead atoms. The number of carbonyl (C=O) groups is 1. The molecule has 1 aliphatic rings. The van der Waals surface area contributed by atoms with Crippen molar-refractivity contribution in [3.63, 3.8) is 0 Å². The molecule has 0 atom stereocenters. The summed E-state index contributed by atoms with van der Waals surface area (Å²) in [5, 5.41) is 0. The van der Waals surface area contributed by atoms with Gasteiger partial charge >= 0.3 is 0 Å². The Morgan fingerprint density at radius 1 is 1.37 bits per heavy atom. The van der Waals surface area contributed by atoms with Crippen molar-refractivity contribution in [2.24, 2.45) is 5.41 Å². The van der Waals surface area contributed by atoms with E-state index in [9.17, 15) is 4.79 Å². The molecular formula is C14H22N4O. The molecule has 0 aliphatic heterocycles. The molecule has 19 heavy (non-hydrogen) atoms. The van der Waals surface area contributed by atoms with Gasteiger partial charge in [0, 0.05) is 13.1 Å². The van der Waals surface area contributed by atoms with Gasteiger partial charge in [-0.3, -0.25) is 9.78 Å². The first kappa shape index (κ1) is 13.8. The molecule has 2 N–H and O–H groups in total. The Kier molecular flexibility index (Phi) is 3.73. The van der Waals surface area contributed by atoms with Crippen molar-refractivity contribution < 1.29 is 4.79 Å². The van der Waals surface area contributed by atoms with Gasteiger partial charge in [-0.2, -0.15) is 0 Å². The van der Waals surface area contributed by atoms with Crippen LogP contribution in [0.1, 0.15) is 50.0 Å². The van der Waals surface area contributed by atoms with Gasteiger partial charge < -0.3 is 10.6 Å². The highest BCUT2D eigenvalue weighted by atomic mass is 16.2. The molecule has 1 amide bonds. The van der Waals surface area contributed by atoms with Gasteiger partial charge in [0.05, 0.1) is 12.4 Å². The summed E-state index contributed by atoms with van der Waals surface area (Å²) in [4.78, 5) is 22.1. The number of anilines is 1. The second-order valence-corrected chi connectivity index (χ2v) is 6.14. The van der Waals surface area contributed by atoms with Crippen molar-refractivity contribution in [1.29, 1.82) is 0 Å². The second-order valence-electron chi connectivity index (χ2n) is 6.14. The number of rotatable bonds is 2. The van der Waals surface area contributed by atoms with Gasteiger partial charge in [-0.15, -0.1) is 0 Å². The van der Waals surface area contributed by atoms with Crippen LogP contribution in [0.2, 0.25) is 0 Å². The molecule has 1 aliphatic carbocycles. The van der Waals surface area contributed by atoms with Crippen molar-refractivity contribution in [2.45, 2.75) is 45.6 Å². The topological polar surface area (TPSA) is 72.1 Å². The summed E-state index contributed by atoms with van der Waals surface area (Å²) in [6.45, 7) is 4.57. The van der Waals surface area contributed by atoms with Crippen LogP contribution in [0.5, 0.6) is 0 Å². The number of nitrogens with two attached hydrogens (primary N) is 1. The quantitative estimate of drug-likeness (QED) is 0.886. The van der Waals surface area contributed by atoms with E-state index in [2.05, 4.69) is 23.8 Å². The maximum absolute atomic E-state index is 12.3. The van der Waals surface area contributed by atoms with Crippen LogP contribution in [0.4, 0.5) is 5.82 Å².